The fourth-order valence-corrected chi connectivity index (χ4v) is 5.73. The molecule has 0 heteroatoms. The molecule has 0 bridgehead atoms. The van der Waals surface area contributed by atoms with Gasteiger partial charge in [0.1, 0.15) is 0 Å². The number of benzene rings is 7. The lowest BCUT2D eigenvalue weighted by Gasteiger charge is -2.21. The Hall–Kier alpha value is -4.68. The zero-order chi connectivity index (χ0) is 23.9. The minimum atomic E-state index is 1.24. The van der Waals surface area contributed by atoms with Crippen molar-refractivity contribution in [2.24, 2.45) is 0 Å². The van der Waals surface area contributed by atoms with Crippen LogP contribution in [0.4, 0.5) is 0 Å². The van der Waals surface area contributed by atoms with E-state index >= 15 is 0 Å². The van der Waals surface area contributed by atoms with E-state index in [9.17, 15) is 0 Å². The fraction of sp³-hybridized carbons (Fsp3) is 0. The lowest BCUT2D eigenvalue weighted by Crippen LogP contribution is -1.93. The van der Waals surface area contributed by atoms with E-state index in [1.54, 1.807) is 0 Å². The van der Waals surface area contributed by atoms with Crippen LogP contribution in [-0.2, 0) is 0 Å². The molecule has 0 aliphatic carbocycles. The molecule has 0 radical (unpaired) electrons. The minimum Gasteiger partial charge on any atom is -0.0622 e. The SMILES string of the molecule is c1ccc(-c2cccc3c(-c4cccc5ccccc45)c4ccccc4c(-c4ccccc4)c23)cc1. The predicted octanol–water partition coefficient (Wildman–Crippen LogP) is 10.1. The lowest BCUT2D eigenvalue weighted by atomic mass is 9.82. The molecule has 0 saturated carbocycles. The summed E-state index contributed by atoms with van der Waals surface area (Å²) >= 11 is 0. The van der Waals surface area contributed by atoms with Gasteiger partial charge in [0.15, 0.2) is 0 Å². The van der Waals surface area contributed by atoms with E-state index in [-0.39, 0.29) is 0 Å². The Morgan fingerprint density at radius 3 is 1.53 bits per heavy atom. The third kappa shape index (κ3) is 3.23. The highest BCUT2D eigenvalue weighted by molar-refractivity contribution is 6.26. The third-order valence-corrected chi connectivity index (χ3v) is 7.26. The molecular formula is C36H24. The van der Waals surface area contributed by atoms with Gasteiger partial charge in [-0.05, 0) is 65.7 Å². The van der Waals surface area contributed by atoms with Gasteiger partial charge >= 0.3 is 0 Å². The summed E-state index contributed by atoms with van der Waals surface area (Å²) in [5.41, 5.74) is 7.61. The quantitative estimate of drug-likeness (QED) is 0.232. The van der Waals surface area contributed by atoms with Crippen LogP contribution < -0.4 is 0 Å². The molecule has 0 amide bonds. The number of rotatable bonds is 3. The van der Waals surface area contributed by atoms with E-state index in [1.807, 2.05) is 0 Å². The Labute approximate surface area is 211 Å². The van der Waals surface area contributed by atoms with Gasteiger partial charge in [0.05, 0.1) is 0 Å². The summed E-state index contributed by atoms with van der Waals surface area (Å²) in [6.45, 7) is 0. The molecule has 36 heavy (non-hydrogen) atoms. The van der Waals surface area contributed by atoms with E-state index in [4.69, 9.17) is 0 Å². The molecule has 0 heterocycles. The van der Waals surface area contributed by atoms with Crippen molar-refractivity contribution in [3.63, 3.8) is 0 Å². The Bertz CT molecular complexity index is 1860. The van der Waals surface area contributed by atoms with Crippen molar-refractivity contribution in [3.8, 4) is 33.4 Å². The first-order valence-corrected chi connectivity index (χ1v) is 12.5. The monoisotopic (exact) mass is 456 g/mol. The van der Waals surface area contributed by atoms with Gasteiger partial charge in [-0.3, -0.25) is 0 Å². The van der Waals surface area contributed by atoms with Crippen LogP contribution in [-0.4, -0.2) is 0 Å². The standard InChI is InChI=1S/C36H24/c1-3-13-26(14-4-1)29-22-12-24-33-35(30-23-11-18-25-15-7-8-19-28(25)30)32-21-10-9-20-31(32)34(36(29)33)27-16-5-2-6-17-27/h1-24H. The van der Waals surface area contributed by atoms with Gasteiger partial charge in [0.25, 0.3) is 0 Å². The van der Waals surface area contributed by atoms with E-state index < -0.39 is 0 Å². The Morgan fingerprint density at radius 2 is 0.778 bits per heavy atom. The van der Waals surface area contributed by atoms with Gasteiger partial charge in [-0.25, -0.2) is 0 Å². The number of hydrogen-bond acceptors (Lipinski definition) is 0. The maximum Gasteiger partial charge on any atom is -0.00141 e. The van der Waals surface area contributed by atoms with Gasteiger partial charge in [0, 0.05) is 0 Å². The number of fused-ring (bicyclic) bond motifs is 3. The fourth-order valence-electron chi connectivity index (χ4n) is 5.73. The summed E-state index contributed by atoms with van der Waals surface area (Å²) in [7, 11) is 0. The van der Waals surface area contributed by atoms with Gasteiger partial charge < -0.3 is 0 Å². The second kappa shape index (κ2) is 8.52. The zero-order valence-electron chi connectivity index (χ0n) is 19.9. The van der Waals surface area contributed by atoms with Crippen LogP contribution in [0, 0.1) is 0 Å². The molecular weight excluding hydrogens is 432 g/mol. The zero-order valence-corrected chi connectivity index (χ0v) is 19.9. The van der Waals surface area contributed by atoms with Crippen LogP contribution in [0.2, 0.25) is 0 Å². The average molecular weight is 457 g/mol. The molecule has 0 N–H and O–H groups in total. The van der Waals surface area contributed by atoms with Crippen molar-refractivity contribution in [2.75, 3.05) is 0 Å². The topological polar surface area (TPSA) is 0 Å². The Kier molecular flexibility index (Phi) is 4.89. The summed E-state index contributed by atoms with van der Waals surface area (Å²) in [6.07, 6.45) is 0. The number of hydrogen-bond donors (Lipinski definition) is 0. The van der Waals surface area contributed by atoms with Gasteiger partial charge in [-0.15, -0.1) is 0 Å². The molecule has 168 valence electrons. The van der Waals surface area contributed by atoms with Crippen LogP contribution in [0.1, 0.15) is 0 Å². The molecule has 0 nitrogen and oxygen atoms in total. The normalized spacial score (nSPS) is 11.3. The van der Waals surface area contributed by atoms with E-state index in [1.165, 1.54) is 65.7 Å². The summed E-state index contributed by atoms with van der Waals surface area (Å²) < 4.78 is 0. The molecule has 0 aliphatic rings. The smallest absolute Gasteiger partial charge is 0.00141 e. The van der Waals surface area contributed by atoms with Gasteiger partial charge in [0.2, 0.25) is 0 Å². The average Bonchev–Trinajstić information content (AvgIpc) is 2.96. The second-order valence-corrected chi connectivity index (χ2v) is 9.28. The van der Waals surface area contributed by atoms with Crippen molar-refractivity contribution in [3.05, 3.63) is 146 Å². The molecule has 0 aromatic heterocycles. The van der Waals surface area contributed by atoms with Crippen molar-refractivity contribution in [2.45, 2.75) is 0 Å². The molecule has 0 spiro atoms. The van der Waals surface area contributed by atoms with E-state index in [0.29, 0.717) is 0 Å². The molecule has 0 fully saturated rings. The molecule has 0 unspecified atom stereocenters. The van der Waals surface area contributed by atoms with Gasteiger partial charge in [-0.2, -0.15) is 0 Å². The van der Waals surface area contributed by atoms with Crippen molar-refractivity contribution < 1.29 is 0 Å². The van der Waals surface area contributed by atoms with Crippen LogP contribution in [0.25, 0.3) is 65.7 Å². The summed E-state index contributed by atoms with van der Waals surface area (Å²) in [6, 6.07) is 52.7. The summed E-state index contributed by atoms with van der Waals surface area (Å²) in [4.78, 5) is 0. The highest BCUT2D eigenvalue weighted by atomic mass is 14.2. The lowest BCUT2D eigenvalue weighted by molar-refractivity contribution is 1.63. The molecule has 7 aromatic carbocycles. The van der Waals surface area contributed by atoms with Crippen molar-refractivity contribution >= 4 is 32.3 Å². The van der Waals surface area contributed by atoms with E-state index in [0.717, 1.165) is 0 Å². The van der Waals surface area contributed by atoms with Crippen LogP contribution in [0.5, 0.6) is 0 Å². The maximum atomic E-state index is 2.30. The molecule has 7 aromatic rings. The maximum absolute atomic E-state index is 2.30. The van der Waals surface area contributed by atoms with Crippen LogP contribution in [0.3, 0.4) is 0 Å². The van der Waals surface area contributed by atoms with Crippen molar-refractivity contribution in [1.82, 2.24) is 0 Å². The predicted molar refractivity (Wildman–Crippen MR) is 155 cm³/mol. The Morgan fingerprint density at radius 1 is 0.278 bits per heavy atom. The first-order valence-electron chi connectivity index (χ1n) is 12.5. The molecule has 0 saturated heterocycles. The summed E-state index contributed by atoms with van der Waals surface area (Å²) in [5.74, 6) is 0. The van der Waals surface area contributed by atoms with Gasteiger partial charge in [-0.1, -0.05) is 146 Å². The molecule has 7 rings (SSSR count). The minimum absolute atomic E-state index is 1.24. The highest BCUT2D eigenvalue weighted by Crippen LogP contribution is 2.47. The Balaban J connectivity index is 1.74. The van der Waals surface area contributed by atoms with Crippen LogP contribution in [0.15, 0.2) is 146 Å². The first kappa shape index (κ1) is 20.7. The summed E-state index contributed by atoms with van der Waals surface area (Å²) in [5, 5.41) is 7.69. The van der Waals surface area contributed by atoms with E-state index in [2.05, 4.69) is 146 Å². The van der Waals surface area contributed by atoms with Crippen molar-refractivity contribution in [1.29, 1.82) is 0 Å². The van der Waals surface area contributed by atoms with Crippen LogP contribution >= 0.6 is 0 Å². The molecule has 0 atom stereocenters. The second-order valence-electron chi connectivity index (χ2n) is 9.28. The molecule has 0 aliphatic heterocycles. The largest absolute Gasteiger partial charge is 0.0622 e. The first-order chi connectivity index (χ1) is 17.9. The highest BCUT2D eigenvalue weighted by Gasteiger charge is 2.20. The third-order valence-electron chi connectivity index (χ3n) is 7.26.